The summed E-state index contributed by atoms with van der Waals surface area (Å²) in [7, 11) is -2.18. The number of nitrogens with one attached hydrogen (secondary N) is 1. The van der Waals surface area contributed by atoms with Crippen molar-refractivity contribution in [1.82, 2.24) is 5.32 Å². The highest BCUT2D eigenvalue weighted by atomic mass is 32.2. The third-order valence-electron chi connectivity index (χ3n) is 1.56. The zero-order valence-corrected chi connectivity index (χ0v) is 8.50. The number of carbonyl (C=O) groups is 1. The molecule has 1 saturated heterocycles. The van der Waals surface area contributed by atoms with E-state index in [2.05, 4.69) is 15.3 Å². The third-order valence-corrected chi connectivity index (χ3v) is 3.05. The van der Waals surface area contributed by atoms with Crippen LogP contribution < -0.4 is 5.32 Å². The van der Waals surface area contributed by atoms with Gasteiger partial charge in [0.15, 0.2) is 5.94 Å². The minimum atomic E-state index is -3.52. The summed E-state index contributed by atoms with van der Waals surface area (Å²) in [6.07, 6.45) is -1.50. The van der Waals surface area contributed by atoms with E-state index in [1.54, 1.807) is 0 Å². The lowest BCUT2D eigenvalue weighted by Crippen LogP contribution is -2.22. The zero-order chi connectivity index (χ0) is 10.8. The van der Waals surface area contributed by atoms with Gasteiger partial charge in [-0.1, -0.05) is 5.16 Å². The van der Waals surface area contributed by atoms with E-state index < -0.39 is 28.0 Å². The summed E-state index contributed by atoms with van der Waals surface area (Å²) >= 11 is 0. The Bertz CT molecular complexity index is 360. The Morgan fingerprint density at radius 3 is 2.79 bits per heavy atom. The van der Waals surface area contributed by atoms with Crippen LogP contribution in [0.25, 0.3) is 0 Å². The summed E-state index contributed by atoms with van der Waals surface area (Å²) in [5.74, 6) is -0.426. The maximum absolute atomic E-state index is 11.2. The fourth-order valence-electron chi connectivity index (χ4n) is 0.839. The van der Waals surface area contributed by atoms with Crippen LogP contribution in [-0.2, 0) is 19.4 Å². The number of rotatable bonds is 1. The standard InChI is InChI=1S/C6H10N2O5S/c1-4-5(8-13-6(9)7-2)14(10,11)3-12-4/h4H,3H2,1-2H3,(H,7,9). The highest BCUT2D eigenvalue weighted by Gasteiger charge is 2.35. The first kappa shape index (κ1) is 10.9. The minimum absolute atomic E-state index is 0.263. The van der Waals surface area contributed by atoms with Gasteiger partial charge < -0.3 is 10.1 Å². The van der Waals surface area contributed by atoms with Crippen LogP contribution in [0.15, 0.2) is 5.16 Å². The van der Waals surface area contributed by atoms with Crippen molar-refractivity contribution in [3.63, 3.8) is 0 Å². The molecule has 1 unspecified atom stereocenters. The Kier molecular flexibility index (Phi) is 3.06. The predicted molar refractivity (Wildman–Crippen MR) is 47.3 cm³/mol. The normalized spacial score (nSPS) is 27.6. The maximum atomic E-state index is 11.2. The van der Waals surface area contributed by atoms with Crippen LogP contribution in [0.1, 0.15) is 6.92 Å². The van der Waals surface area contributed by atoms with Crippen LogP contribution in [0.3, 0.4) is 0 Å². The quantitative estimate of drug-likeness (QED) is 0.474. The van der Waals surface area contributed by atoms with E-state index in [9.17, 15) is 13.2 Å². The first-order valence-electron chi connectivity index (χ1n) is 3.78. The van der Waals surface area contributed by atoms with E-state index >= 15 is 0 Å². The molecule has 80 valence electrons. The molecule has 1 heterocycles. The lowest BCUT2D eigenvalue weighted by molar-refractivity contribution is 0.144. The first-order chi connectivity index (χ1) is 6.47. The van der Waals surface area contributed by atoms with Crippen LogP contribution >= 0.6 is 0 Å². The third kappa shape index (κ3) is 2.20. The molecule has 0 radical (unpaired) electrons. The van der Waals surface area contributed by atoms with Gasteiger partial charge in [-0.05, 0) is 6.92 Å². The van der Waals surface area contributed by atoms with Gasteiger partial charge in [0.2, 0.25) is 14.9 Å². The summed E-state index contributed by atoms with van der Waals surface area (Å²) in [5, 5.41) is 5.08. The Labute approximate surface area is 81.0 Å². The van der Waals surface area contributed by atoms with Crippen LogP contribution in [-0.4, -0.2) is 38.6 Å². The number of sulfone groups is 1. The average Bonchev–Trinajstić information content (AvgIpc) is 2.38. The van der Waals surface area contributed by atoms with Crippen molar-refractivity contribution in [2.45, 2.75) is 13.0 Å². The molecule has 0 bridgehead atoms. The zero-order valence-electron chi connectivity index (χ0n) is 7.68. The van der Waals surface area contributed by atoms with Crippen LogP contribution in [0.5, 0.6) is 0 Å². The summed E-state index contributed by atoms with van der Waals surface area (Å²) < 4.78 is 27.2. The van der Waals surface area contributed by atoms with Gasteiger partial charge in [0.25, 0.3) is 0 Å². The number of nitrogens with zero attached hydrogens (tertiary/aromatic N) is 1. The molecule has 1 amide bonds. The SMILES string of the molecule is CNC(=O)ON=C1C(C)OCS1(=O)=O. The van der Waals surface area contributed by atoms with Gasteiger partial charge in [0, 0.05) is 7.05 Å². The van der Waals surface area contributed by atoms with Crippen LogP contribution in [0, 0.1) is 0 Å². The Morgan fingerprint density at radius 1 is 1.71 bits per heavy atom. The smallest absolute Gasteiger partial charge is 0.355 e. The molecule has 0 spiro atoms. The fourth-order valence-corrected chi connectivity index (χ4v) is 2.07. The van der Waals surface area contributed by atoms with E-state index in [0.29, 0.717) is 0 Å². The number of hydrogen-bond donors (Lipinski definition) is 1. The van der Waals surface area contributed by atoms with E-state index in [1.807, 2.05) is 0 Å². The van der Waals surface area contributed by atoms with Gasteiger partial charge in [0.05, 0.1) is 0 Å². The van der Waals surface area contributed by atoms with Crippen molar-refractivity contribution in [1.29, 1.82) is 0 Å². The molecule has 1 N–H and O–H groups in total. The second-order valence-corrected chi connectivity index (χ2v) is 4.48. The molecule has 1 aliphatic rings. The number of oxime groups is 1. The van der Waals surface area contributed by atoms with Crippen molar-refractivity contribution < 1.29 is 22.8 Å². The second-order valence-electron chi connectivity index (χ2n) is 2.60. The lowest BCUT2D eigenvalue weighted by Gasteiger charge is -1.99. The molecule has 1 atom stereocenters. The second kappa shape index (κ2) is 3.93. The van der Waals surface area contributed by atoms with Gasteiger partial charge in [-0.2, -0.15) is 0 Å². The highest BCUT2D eigenvalue weighted by molar-refractivity contribution is 8.06. The summed E-state index contributed by atoms with van der Waals surface area (Å²) in [5.41, 5.74) is 0. The Balaban J connectivity index is 2.80. The van der Waals surface area contributed by atoms with Crippen molar-refractivity contribution in [2.75, 3.05) is 13.0 Å². The van der Waals surface area contributed by atoms with Crippen molar-refractivity contribution in [2.24, 2.45) is 5.16 Å². The molecule has 7 nitrogen and oxygen atoms in total. The Hall–Kier alpha value is -1.15. The van der Waals surface area contributed by atoms with E-state index in [1.165, 1.54) is 14.0 Å². The monoisotopic (exact) mass is 222 g/mol. The maximum Gasteiger partial charge on any atom is 0.433 e. The number of ether oxygens (including phenoxy) is 1. The van der Waals surface area contributed by atoms with Crippen LogP contribution in [0.2, 0.25) is 0 Å². The molecule has 1 rings (SSSR count). The molecule has 0 aromatic carbocycles. The van der Waals surface area contributed by atoms with E-state index in [4.69, 9.17) is 4.74 Å². The van der Waals surface area contributed by atoms with Gasteiger partial charge in [-0.3, -0.25) is 4.84 Å². The van der Waals surface area contributed by atoms with Gasteiger partial charge >= 0.3 is 6.09 Å². The molecule has 0 aliphatic carbocycles. The number of hydrogen-bond acceptors (Lipinski definition) is 6. The number of carbonyl (C=O) groups excluding carboxylic acids is 1. The lowest BCUT2D eigenvalue weighted by atomic mass is 10.4. The summed E-state index contributed by atoms with van der Waals surface area (Å²) in [6, 6.07) is 0. The molecule has 14 heavy (non-hydrogen) atoms. The predicted octanol–water partition coefficient (Wildman–Crippen LogP) is -0.553. The molecule has 0 aromatic heterocycles. The van der Waals surface area contributed by atoms with Gasteiger partial charge in [0.1, 0.15) is 6.10 Å². The molecular formula is C6H10N2O5S. The Morgan fingerprint density at radius 2 is 2.36 bits per heavy atom. The summed E-state index contributed by atoms with van der Waals surface area (Å²) in [6.45, 7) is 1.51. The van der Waals surface area contributed by atoms with Gasteiger partial charge in [-0.25, -0.2) is 13.2 Å². The number of amides is 1. The van der Waals surface area contributed by atoms with E-state index in [-0.39, 0.29) is 5.04 Å². The molecule has 1 fully saturated rings. The van der Waals surface area contributed by atoms with Crippen molar-refractivity contribution in [3.05, 3.63) is 0 Å². The largest absolute Gasteiger partial charge is 0.433 e. The molecular weight excluding hydrogens is 212 g/mol. The molecule has 8 heteroatoms. The van der Waals surface area contributed by atoms with Crippen molar-refractivity contribution in [3.8, 4) is 0 Å². The molecule has 0 saturated carbocycles. The first-order valence-corrected chi connectivity index (χ1v) is 5.43. The van der Waals surface area contributed by atoms with E-state index in [0.717, 1.165) is 0 Å². The molecule has 1 aliphatic heterocycles. The average molecular weight is 222 g/mol. The highest BCUT2D eigenvalue weighted by Crippen LogP contribution is 2.14. The molecule has 0 aromatic rings. The fraction of sp³-hybridized carbons (Fsp3) is 0.667. The summed E-state index contributed by atoms with van der Waals surface area (Å²) in [4.78, 5) is 14.9. The van der Waals surface area contributed by atoms with Crippen LogP contribution in [0.4, 0.5) is 4.79 Å². The topological polar surface area (TPSA) is 94.1 Å². The van der Waals surface area contributed by atoms with Crippen molar-refractivity contribution >= 4 is 21.0 Å². The minimum Gasteiger partial charge on any atom is -0.355 e. The van der Waals surface area contributed by atoms with Gasteiger partial charge in [-0.15, -0.1) is 0 Å².